The number of carbonyl (C=O) groups is 3. The number of rotatable bonds is 5. The van der Waals surface area contributed by atoms with Gasteiger partial charge in [-0.3, -0.25) is 23.7 Å². The van der Waals surface area contributed by atoms with Crippen LogP contribution in [0, 0.1) is 0 Å². The van der Waals surface area contributed by atoms with Crippen molar-refractivity contribution in [3.05, 3.63) is 71.3 Å². The smallest absolute Gasteiger partial charge is 0.307 e. The molecule has 0 N–H and O–H groups in total. The van der Waals surface area contributed by atoms with Crippen LogP contribution in [0.2, 0.25) is 0 Å². The number of amides is 2. The number of esters is 1. The summed E-state index contributed by atoms with van der Waals surface area (Å²) in [6.07, 6.45) is -0.0156. The fraction of sp³-hybridized carbons (Fsp3) is 0.211. The predicted octanol–water partition coefficient (Wildman–Crippen LogP) is 3.00. The van der Waals surface area contributed by atoms with Crippen LogP contribution in [0.25, 0.3) is 0 Å². The number of carbonyl (C=O) groups excluding carboxylic acids is 3. The Bertz CT molecular complexity index is 726. The highest BCUT2D eigenvalue weighted by Gasteiger charge is 2.35. The van der Waals surface area contributed by atoms with Gasteiger partial charge in [0.1, 0.15) is 6.61 Å². The average Bonchev–Trinajstić information content (AvgIpc) is 2.92. The summed E-state index contributed by atoms with van der Waals surface area (Å²) in [7, 11) is 0.500. The van der Waals surface area contributed by atoms with E-state index in [1.54, 1.807) is 24.3 Å². The first-order valence-electron chi connectivity index (χ1n) is 7.69. The first-order valence-corrected chi connectivity index (χ1v) is 7.69. The normalized spacial score (nSPS) is 12.3. The van der Waals surface area contributed by atoms with Crippen LogP contribution in [0.1, 0.15) is 32.7 Å². The molecule has 130 valence electrons. The second-order valence-corrected chi connectivity index (χ2v) is 5.20. The van der Waals surface area contributed by atoms with E-state index in [1.807, 2.05) is 30.3 Å². The van der Waals surface area contributed by atoms with Crippen LogP contribution in [-0.2, 0) is 16.1 Å². The van der Waals surface area contributed by atoms with E-state index in [-0.39, 0.29) is 31.4 Å². The SMILES string of the molecule is CF.O=C(CCN1C(=O)c2ccccc2C1=O)OCc1ccccc1. The lowest BCUT2D eigenvalue weighted by atomic mass is 10.1. The highest BCUT2D eigenvalue weighted by Crippen LogP contribution is 2.22. The number of benzene rings is 2. The molecule has 0 fully saturated rings. The lowest BCUT2D eigenvalue weighted by Crippen LogP contribution is -2.32. The molecule has 5 nitrogen and oxygen atoms in total. The Kier molecular flexibility index (Phi) is 6.39. The molecule has 6 heteroatoms. The van der Waals surface area contributed by atoms with Gasteiger partial charge < -0.3 is 4.74 Å². The molecule has 0 spiro atoms. The average molecular weight is 343 g/mol. The number of imide groups is 1. The van der Waals surface area contributed by atoms with Crippen molar-refractivity contribution in [3.8, 4) is 0 Å². The maximum atomic E-state index is 12.2. The van der Waals surface area contributed by atoms with Gasteiger partial charge >= 0.3 is 5.97 Å². The van der Waals surface area contributed by atoms with Gasteiger partial charge in [-0.2, -0.15) is 0 Å². The van der Waals surface area contributed by atoms with Crippen molar-refractivity contribution >= 4 is 17.8 Å². The zero-order valence-corrected chi connectivity index (χ0v) is 13.8. The third-order valence-electron chi connectivity index (χ3n) is 3.66. The topological polar surface area (TPSA) is 63.7 Å². The van der Waals surface area contributed by atoms with Crippen LogP contribution in [0.3, 0.4) is 0 Å². The second kappa shape index (κ2) is 8.73. The monoisotopic (exact) mass is 343 g/mol. The summed E-state index contributed by atoms with van der Waals surface area (Å²) in [5, 5.41) is 0. The zero-order chi connectivity index (χ0) is 18.2. The van der Waals surface area contributed by atoms with E-state index >= 15 is 0 Å². The molecule has 0 unspecified atom stereocenters. The third kappa shape index (κ3) is 4.29. The largest absolute Gasteiger partial charge is 0.461 e. The van der Waals surface area contributed by atoms with Gasteiger partial charge in [-0.15, -0.1) is 0 Å². The van der Waals surface area contributed by atoms with E-state index in [4.69, 9.17) is 4.74 Å². The molecule has 0 bridgehead atoms. The molecule has 2 aromatic rings. The summed E-state index contributed by atoms with van der Waals surface area (Å²) in [5.41, 5.74) is 1.66. The molecule has 0 aromatic heterocycles. The van der Waals surface area contributed by atoms with Crippen molar-refractivity contribution in [2.75, 3.05) is 13.7 Å². The Hall–Kier alpha value is -3.02. The number of fused-ring (bicyclic) bond motifs is 1. The second-order valence-electron chi connectivity index (χ2n) is 5.20. The third-order valence-corrected chi connectivity index (χ3v) is 3.66. The van der Waals surface area contributed by atoms with Gasteiger partial charge in [0.2, 0.25) is 0 Å². The molecule has 0 atom stereocenters. The summed E-state index contributed by atoms with van der Waals surface area (Å²) < 4.78 is 14.6. The molecule has 1 aliphatic heterocycles. The van der Waals surface area contributed by atoms with E-state index in [0.717, 1.165) is 10.5 Å². The van der Waals surface area contributed by atoms with Crippen molar-refractivity contribution in [2.24, 2.45) is 0 Å². The van der Waals surface area contributed by atoms with Crippen molar-refractivity contribution in [1.29, 1.82) is 0 Å². The Morgan fingerprint density at radius 1 is 0.920 bits per heavy atom. The maximum Gasteiger partial charge on any atom is 0.307 e. The number of ether oxygens (including phenoxy) is 1. The first-order chi connectivity index (χ1) is 12.2. The Morgan fingerprint density at radius 2 is 1.44 bits per heavy atom. The van der Waals surface area contributed by atoms with E-state index in [9.17, 15) is 18.8 Å². The maximum absolute atomic E-state index is 12.2. The van der Waals surface area contributed by atoms with E-state index < -0.39 is 5.97 Å². The van der Waals surface area contributed by atoms with Gasteiger partial charge in [-0.05, 0) is 17.7 Å². The molecule has 25 heavy (non-hydrogen) atoms. The van der Waals surface area contributed by atoms with Gasteiger partial charge in [0.25, 0.3) is 11.8 Å². The lowest BCUT2D eigenvalue weighted by Gasteiger charge is -2.13. The Morgan fingerprint density at radius 3 is 2.00 bits per heavy atom. The van der Waals surface area contributed by atoms with Crippen LogP contribution < -0.4 is 0 Å². The summed E-state index contributed by atoms with van der Waals surface area (Å²) in [4.78, 5) is 37.2. The molecule has 1 aliphatic rings. The minimum atomic E-state index is -0.439. The highest BCUT2D eigenvalue weighted by molar-refractivity contribution is 6.21. The fourth-order valence-corrected chi connectivity index (χ4v) is 2.46. The molecule has 0 radical (unpaired) electrons. The molecule has 0 aliphatic carbocycles. The van der Waals surface area contributed by atoms with Crippen molar-refractivity contribution in [1.82, 2.24) is 4.90 Å². The van der Waals surface area contributed by atoms with Crippen molar-refractivity contribution in [3.63, 3.8) is 0 Å². The van der Waals surface area contributed by atoms with Crippen molar-refractivity contribution < 1.29 is 23.5 Å². The summed E-state index contributed by atoms with van der Waals surface area (Å²) in [5.74, 6) is -1.16. The summed E-state index contributed by atoms with van der Waals surface area (Å²) in [6, 6.07) is 16.0. The molecule has 1 heterocycles. The van der Waals surface area contributed by atoms with Crippen LogP contribution in [-0.4, -0.2) is 36.4 Å². The molecular formula is C19H18FNO4. The Labute approximate surface area is 145 Å². The summed E-state index contributed by atoms with van der Waals surface area (Å²) >= 11 is 0. The molecular weight excluding hydrogens is 325 g/mol. The van der Waals surface area contributed by atoms with E-state index in [2.05, 4.69) is 0 Å². The van der Waals surface area contributed by atoms with Crippen LogP contribution in [0.4, 0.5) is 4.39 Å². The lowest BCUT2D eigenvalue weighted by molar-refractivity contribution is -0.145. The number of hydrogen-bond acceptors (Lipinski definition) is 4. The summed E-state index contributed by atoms with van der Waals surface area (Å²) in [6.45, 7) is 0.210. The van der Waals surface area contributed by atoms with E-state index in [0.29, 0.717) is 18.3 Å². The van der Waals surface area contributed by atoms with Gasteiger partial charge in [-0.1, -0.05) is 42.5 Å². The van der Waals surface area contributed by atoms with Crippen LogP contribution in [0.5, 0.6) is 0 Å². The van der Waals surface area contributed by atoms with Crippen molar-refractivity contribution in [2.45, 2.75) is 13.0 Å². The predicted molar refractivity (Wildman–Crippen MR) is 89.7 cm³/mol. The minimum Gasteiger partial charge on any atom is -0.461 e. The molecule has 2 amide bonds. The quantitative estimate of drug-likeness (QED) is 0.618. The highest BCUT2D eigenvalue weighted by atomic mass is 19.1. The molecule has 0 saturated carbocycles. The first kappa shape index (κ1) is 18.3. The number of hydrogen-bond donors (Lipinski definition) is 0. The van der Waals surface area contributed by atoms with E-state index in [1.165, 1.54) is 0 Å². The standard InChI is InChI=1S/C18H15NO4.CH3F/c20-16(23-12-13-6-2-1-3-7-13)10-11-19-17(21)14-8-4-5-9-15(14)18(19)22;1-2/h1-9H,10-12H2;1H3. The van der Waals surface area contributed by atoms with Gasteiger partial charge in [-0.25, -0.2) is 0 Å². The fourth-order valence-electron chi connectivity index (χ4n) is 2.46. The van der Waals surface area contributed by atoms with Gasteiger partial charge in [0.15, 0.2) is 0 Å². The van der Waals surface area contributed by atoms with Gasteiger partial charge in [0, 0.05) is 6.54 Å². The molecule has 0 saturated heterocycles. The van der Waals surface area contributed by atoms with Gasteiger partial charge in [0.05, 0.1) is 24.7 Å². The molecule has 2 aromatic carbocycles. The van der Waals surface area contributed by atoms with Crippen LogP contribution >= 0.6 is 0 Å². The van der Waals surface area contributed by atoms with Crippen LogP contribution in [0.15, 0.2) is 54.6 Å². The Balaban J connectivity index is 0.00000109. The minimum absolute atomic E-state index is 0.0156. The molecule has 3 rings (SSSR count). The number of nitrogens with zero attached hydrogens (tertiary/aromatic N) is 1. The zero-order valence-electron chi connectivity index (χ0n) is 13.8. The number of halogens is 1. The number of alkyl halides is 1.